The molecule has 6 amide bonds. The fourth-order valence-corrected chi connectivity index (χ4v) is 3.07. The molecule has 0 radical (unpaired) electrons. The molecule has 1 aromatic carbocycles. The predicted octanol–water partition coefficient (Wildman–Crippen LogP) is 1.05. The largest absolute Gasteiger partial charge is 0.454 e. The van der Waals surface area contributed by atoms with Crippen molar-refractivity contribution in [3.63, 3.8) is 0 Å². The van der Waals surface area contributed by atoms with Gasteiger partial charge in [-0.3, -0.25) is 19.8 Å². The van der Waals surface area contributed by atoms with Gasteiger partial charge >= 0.3 is 12.1 Å². The van der Waals surface area contributed by atoms with Crippen LogP contribution >= 0.6 is 0 Å². The summed E-state index contributed by atoms with van der Waals surface area (Å²) in [5, 5.41) is 7.28. The van der Waals surface area contributed by atoms with Crippen LogP contribution < -0.4 is 25.4 Å². The topological polar surface area (TPSA) is 126 Å². The van der Waals surface area contributed by atoms with Crippen LogP contribution in [0.3, 0.4) is 0 Å². The summed E-state index contributed by atoms with van der Waals surface area (Å²) in [4.78, 5) is 49.9. The van der Waals surface area contributed by atoms with Crippen LogP contribution in [0.2, 0.25) is 0 Å². The van der Waals surface area contributed by atoms with Gasteiger partial charge in [-0.05, 0) is 37.0 Å². The second-order valence-corrected chi connectivity index (χ2v) is 7.50. The van der Waals surface area contributed by atoms with E-state index in [0.717, 1.165) is 11.3 Å². The molecule has 2 aliphatic rings. The monoisotopic (exact) mass is 404 g/mol. The normalized spacial score (nSPS) is 20.1. The molecule has 0 spiro atoms. The van der Waals surface area contributed by atoms with Gasteiger partial charge in [0.05, 0.1) is 0 Å². The number of nitrogens with zero attached hydrogens (tertiary/aromatic N) is 1. The van der Waals surface area contributed by atoms with E-state index in [9.17, 15) is 19.2 Å². The first-order valence-electron chi connectivity index (χ1n) is 9.32. The molecule has 0 bridgehead atoms. The summed E-state index contributed by atoms with van der Waals surface area (Å²) in [7, 11) is 0. The molecule has 0 unspecified atom stereocenters. The molecule has 0 aromatic heterocycles. The van der Waals surface area contributed by atoms with Crippen molar-refractivity contribution < 1.29 is 28.7 Å². The molecule has 3 N–H and O–H groups in total. The van der Waals surface area contributed by atoms with Gasteiger partial charge in [0.25, 0.3) is 5.91 Å². The van der Waals surface area contributed by atoms with Crippen LogP contribution in [0.25, 0.3) is 0 Å². The van der Waals surface area contributed by atoms with Crippen LogP contribution in [0.15, 0.2) is 18.2 Å². The molecule has 2 aliphatic heterocycles. The second kappa shape index (κ2) is 7.98. The van der Waals surface area contributed by atoms with Crippen LogP contribution in [0, 0.1) is 5.92 Å². The summed E-state index contributed by atoms with van der Waals surface area (Å²) >= 11 is 0. The zero-order chi connectivity index (χ0) is 21.2. The van der Waals surface area contributed by atoms with Gasteiger partial charge < -0.3 is 20.1 Å². The predicted molar refractivity (Wildman–Crippen MR) is 101 cm³/mol. The molecule has 0 aliphatic carbocycles. The summed E-state index contributed by atoms with van der Waals surface area (Å²) in [6.07, 6.45) is 0.766. The summed E-state index contributed by atoms with van der Waals surface area (Å²) in [5.41, 5.74) is -0.868. The SMILES string of the molecule is CC(C)CCNC(=O)NC(=O)CN1C(=O)N[C@](C)(c2ccc3c(c2)OCO3)C1=O. The van der Waals surface area contributed by atoms with E-state index < -0.39 is 36.0 Å². The van der Waals surface area contributed by atoms with Crippen LogP contribution in [-0.4, -0.2) is 48.7 Å². The van der Waals surface area contributed by atoms with Gasteiger partial charge in [0, 0.05) is 6.54 Å². The maximum absolute atomic E-state index is 12.9. The number of carbonyl (C=O) groups excluding carboxylic acids is 4. The molecule has 2 heterocycles. The fourth-order valence-electron chi connectivity index (χ4n) is 3.07. The minimum absolute atomic E-state index is 0.0847. The van der Waals surface area contributed by atoms with Crippen LogP contribution in [0.1, 0.15) is 32.8 Å². The Morgan fingerprint density at radius 2 is 1.97 bits per heavy atom. The zero-order valence-electron chi connectivity index (χ0n) is 16.5. The molecule has 0 saturated carbocycles. The number of imide groups is 2. The summed E-state index contributed by atoms with van der Waals surface area (Å²) in [6, 6.07) is 3.54. The van der Waals surface area contributed by atoms with Crippen LogP contribution in [-0.2, 0) is 15.1 Å². The second-order valence-electron chi connectivity index (χ2n) is 7.50. The molecular formula is C19H24N4O6. The minimum Gasteiger partial charge on any atom is -0.454 e. The Kier molecular flexibility index (Phi) is 5.62. The van der Waals surface area contributed by atoms with E-state index >= 15 is 0 Å². The number of hydrogen-bond donors (Lipinski definition) is 3. The highest BCUT2D eigenvalue weighted by Crippen LogP contribution is 2.37. The number of nitrogens with one attached hydrogen (secondary N) is 3. The number of ether oxygens (including phenoxy) is 2. The number of carbonyl (C=O) groups is 4. The smallest absolute Gasteiger partial charge is 0.325 e. The van der Waals surface area contributed by atoms with Crippen molar-refractivity contribution in [3.05, 3.63) is 23.8 Å². The highest BCUT2D eigenvalue weighted by molar-refractivity contribution is 6.10. The van der Waals surface area contributed by atoms with Crippen molar-refractivity contribution in [2.45, 2.75) is 32.7 Å². The van der Waals surface area contributed by atoms with E-state index in [0.29, 0.717) is 29.5 Å². The fraction of sp³-hybridized carbons (Fsp3) is 0.474. The number of rotatable bonds is 6. The maximum Gasteiger partial charge on any atom is 0.325 e. The molecule has 3 rings (SSSR count). The Morgan fingerprint density at radius 3 is 2.69 bits per heavy atom. The molecule has 1 saturated heterocycles. The number of hydrogen-bond acceptors (Lipinski definition) is 6. The summed E-state index contributed by atoms with van der Waals surface area (Å²) in [5.74, 6) is 0.0712. The summed E-state index contributed by atoms with van der Waals surface area (Å²) in [6.45, 7) is 5.51. The molecule has 10 heteroatoms. The lowest BCUT2D eigenvalue weighted by molar-refractivity contribution is -0.134. The van der Waals surface area contributed by atoms with Crippen LogP contribution in [0.5, 0.6) is 11.5 Å². The Balaban J connectivity index is 1.63. The first-order valence-corrected chi connectivity index (χ1v) is 9.32. The quantitative estimate of drug-likeness (QED) is 0.609. The van der Waals surface area contributed by atoms with E-state index in [1.54, 1.807) is 25.1 Å². The van der Waals surface area contributed by atoms with Gasteiger partial charge in [0.1, 0.15) is 12.1 Å². The number of benzene rings is 1. The summed E-state index contributed by atoms with van der Waals surface area (Å²) < 4.78 is 10.6. The van der Waals surface area contributed by atoms with Crippen molar-refractivity contribution in [1.29, 1.82) is 0 Å². The highest BCUT2D eigenvalue weighted by atomic mass is 16.7. The number of urea groups is 2. The number of fused-ring (bicyclic) bond motifs is 1. The molecule has 1 atom stereocenters. The van der Waals surface area contributed by atoms with Crippen LogP contribution in [0.4, 0.5) is 9.59 Å². The van der Waals surface area contributed by atoms with Gasteiger partial charge in [-0.25, -0.2) is 9.59 Å². The van der Waals surface area contributed by atoms with Gasteiger partial charge in [-0.2, -0.15) is 0 Å². The molecule has 156 valence electrons. The average Bonchev–Trinajstić information content (AvgIpc) is 3.19. The first-order chi connectivity index (χ1) is 13.7. The molecule has 29 heavy (non-hydrogen) atoms. The van der Waals surface area contributed by atoms with E-state index in [2.05, 4.69) is 16.0 Å². The van der Waals surface area contributed by atoms with E-state index in [1.165, 1.54) is 0 Å². The molecule has 1 fully saturated rings. The highest BCUT2D eigenvalue weighted by Gasteiger charge is 2.50. The van der Waals surface area contributed by atoms with Crippen molar-refractivity contribution >= 4 is 23.9 Å². The Morgan fingerprint density at radius 1 is 1.24 bits per heavy atom. The van der Waals surface area contributed by atoms with Gasteiger partial charge in [-0.1, -0.05) is 19.9 Å². The van der Waals surface area contributed by atoms with Crippen molar-refractivity contribution in [2.24, 2.45) is 5.92 Å². The van der Waals surface area contributed by atoms with E-state index in [4.69, 9.17) is 9.47 Å². The molecule has 1 aromatic rings. The standard InChI is InChI=1S/C19H24N4O6/c1-11(2)6-7-20-17(26)21-15(24)9-23-16(25)19(3,22-18(23)27)12-4-5-13-14(8-12)29-10-28-13/h4-5,8,11H,6-7,9-10H2,1-3H3,(H,22,27)(H2,20,21,24,26)/t19-/m1/s1. The lowest BCUT2D eigenvalue weighted by Crippen LogP contribution is -2.47. The Bertz CT molecular complexity index is 855. The lowest BCUT2D eigenvalue weighted by atomic mass is 9.91. The third-order valence-corrected chi connectivity index (χ3v) is 4.79. The van der Waals surface area contributed by atoms with Gasteiger partial charge in [0.2, 0.25) is 12.7 Å². The Hall–Kier alpha value is -3.30. The number of amides is 6. The average molecular weight is 404 g/mol. The first kappa shape index (κ1) is 20.4. The minimum atomic E-state index is -1.36. The van der Waals surface area contributed by atoms with Gasteiger partial charge in [0.15, 0.2) is 11.5 Å². The van der Waals surface area contributed by atoms with E-state index in [-0.39, 0.29) is 6.79 Å². The van der Waals surface area contributed by atoms with E-state index in [1.807, 2.05) is 13.8 Å². The lowest BCUT2D eigenvalue weighted by Gasteiger charge is -2.22. The van der Waals surface area contributed by atoms with Crippen molar-refractivity contribution in [2.75, 3.05) is 19.9 Å². The Labute approximate surface area is 167 Å². The van der Waals surface area contributed by atoms with Gasteiger partial charge in [-0.15, -0.1) is 0 Å². The molecular weight excluding hydrogens is 380 g/mol. The zero-order valence-corrected chi connectivity index (χ0v) is 16.5. The third kappa shape index (κ3) is 4.25. The molecule has 10 nitrogen and oxygen atoms in total. The third-order valence-electron chi connectivity index (χ3n) is 4.79. The maximum atomic E-state index is 12.9. The van der Waals surface area contributed by atoms with Crippen molar-refractivity contribution in [3.8, 4) is 11.5 Å². The van der Waals surface area contributed by atoms with Crippen molar-refractivity contribution in [1.82, 2.24) is 20.9 Å².